The minimum atomic E-state index is 0.195. The lowest BCUT2D eigenvalue weighted by atomic mass is 10.2. The highest BCUT2D eigenvalue weighted by Gasteiger charge is 2.20. The lowest BCUT2D eigenvalue weighted by Gasteiger charge is -2.30. The Morgan fingerprint density at radius 2 is 1.91 bits per heavy atom. The first-order valence-corrected chi connectivity index (χ1v) is 7.68. The second kappa shape index (κ2) is 5.04. The van der Waals surface area contributed by atoms with Crippen LogP contribution in [0.25, 0.3) is 10.9 Å². The zero-order chi connectivity index (χ0) is 15.3. The van der Waals surface area contributed by atoms with Crippen LogP contribution in [0.15, 0.2) is 30.3 Å². The Hall–Kier alpha value is -1.98. The molecule has 0 atom stereocenters. The van der Waals surface area contributed by atoms with Gasteiger partial charge in [-0.2, -0.15) is 4.98 Å². The number of halogens is 2. The van der Waals surface area contributed by atoms with Gasteiger partial charge >= 0.3 is 0 Å². The molecule has 0 saturated heterocycles. The maximum absolute atomic E-state index is 6.11. The molecular weight excluding hydrogens is 321 g/mol. The average molecular weight is 334 g/mol. The molecule has 0 unspecified atom stereocenters. The summed E-state index contributed by atoms with van der Waals surface area (Å²) >= 11 is 12.1. The molecule has 4 rings (SSSR count). The molecule has 0 spiro atoms. The van der Waals surface area contributed by atoms with E-state index in [1.165, 1.54) is 16.6 Å². The van der Waals surface area contributed by atoms with Gasteiger partial charge in [0, 0.05) is 40.8 Å². The van der Waals surface area contributed by atoms with E-state index in [0.29, 0.717) is 5.15 Å². The first kappa shape index (κ1) is 13.7. The van der Waals surface area contributed by atoms with Crippen molar-refractivity contribution in [2.45, 2.75) is 13.1 Å². The van der Waals surface area contributed by atoms with Gasteiger partial charge in [-0.1, -0.05) is 29.3 Å². The van der Waals surface area contributed by atoms with Gasteiger partial charge in [0.05, 0.1) is 6.54 Å². The number of nitrogens with two attached hydrogens (primary N) is 1. The van der Waals surface area contributed by atoms with Crippen molar-refractivity contribution in [1.82, 2.24) is 14.5 Å². The molecule has 3 heterocycles. The molecule has 2 N–H and O–H groups in total. The number of benzene rings is 1. The number of nitrogens with zero attached hydrogens (tertiary/aromatic N) is 4. The molecule has 2 aromatic heterocycles. The number of nitrogen functional groups attached to an aromatic ring is 1. The van der Waals surface area contributed by atoms with Gasteiger partial charge in [0.15, 0.2) is 0 Å². The summed E-state index contributed by atoms with van der Waals surface area (Å²) in [7, 11) is 0. The highest BCUT2D eigenvalue weighted by atomic mass is 35.5. The predicted molar refractivity (Wildman–Crippen MR) is 89.5 cm³/mol. The first-order chi connectivity index (χ1) is 10.6. The van der Waals surface area contributed by atoms with Crippen LogP contribution in [0.3, 0.4) is 0 Å². The fraction of sp³-hybridized carbons (Fsp3) is 0.200. The van der Waals surface area contributed by atoms with Crippen molar-refractivity contribution in [2.75, 3.05) is 17.2 Å². The van der Waals surface area contributed by atoms with Crippen molar-refractivity contribution < 1.29 is 0 Å². The van der Waals surface area contributed by atoms with Crippen molar-refractivity contribution in [2.24, 2.45) is 0 Å². The molecule has 5 nitrogen and oxygen atoms in total. The van der Waals surface area contributed by atoms with Crippen molar-refractivity contribution in [3.8, 4) is 0 Å². The van der Waals surface area contributed by atoms with E-state index in [4.69, 9.17) is 28.9 Å². The summed E-state index contributed by atoms with van der Waals surface area (Å²) < 4.78 is 2.30. The fourth-order valence-corrected chi connectivity index (χ4v) is 3.31. The first-order valence-electron chi connectivity index (χ1n) is 6.93. The van der Waals surface area contributed by atoms with Gasteiger partial charge in [0.2, 0.25) is 5.95 Å². The Morgan fingerprint density at radius 1 is 1.05 bits per heavy atom. The molecule has 0 radical (unpaired) electrons. The van der Waals surface area contributed by atoms with E-state index in [2.05, 4.69) is 25.5 Å². The minimum absolute atomic E-state index is 0.195. The molecule has 3 aromatic rings. The summed E-state index contributed by atoms with van der Waals surface area (Å²) in [4.78, 5) is 10.3. The SMILES string of the molecule is Nc1nc(Cl)cc(N2CCn3c(cc4ccc(Cl)cc43)C2)n1. The van der Waals surface area contributed by atoms with Crippen LogP contribution in [0, 0.1) is 0 Å². The number of rotatable bonds is 1. The Labute approximate surface area is 137 Å². The summed E-state index contributed by atoms with van der Waals surface area (Å²) in [6.07, 6.45) is 0. The average Bonchev–Trinajstić information content (AvgIpc) is 2.83. The summed E-state index contributed by atoms with van der Waals surface area (Å²) in [5.41, 5.74) is 8.07. The molecule has 7 heteroatoms. The van der Waals surface area contributed by atoms with E-state index in [9.17, 15) is 0 Å². The van der Waals surface area contributed by atoms with E-state index < -0.39 is 0 Å². The monoisotopic (exact) mass is 333 g/mol. The molecule has 0 saturated carbocycles. The van der Waals surface area contributed by atoms with E-state index in [0.717, 1.165) is 30.5 Å². The van der Waals surface area contributed by atoms with Crippen molar-refractivity contribution in [3.05, 3.63) is 46.2 Å². The Bertz CT molecular complexity index is 853. The topological polar surface area (TPSA) is 60.0 Å². The lowest BCUT2D eigenvalue weighted by Crippen LogP contribution is -2.34. The van der Waals surface area contributed by atoms with E-state index in [1.807, 2.05) is 18.2 Å². The predicted octanol–water partition coefficient (Wildman–Crippen LogP) is 3.34. The van der Waals surface area contributed by atoms with Crippen molar-refractivity contribution in [3.63, 3.8) is 0 Å². The van der Waals surface area contributed by atoms with Crippen LogP contribution in [0.4, 0.5) is 11.8 Å². The van der Waals surface area contributed by atoms with Gasteiger partial charge in [0.1, 0.15) is 11.0 Å². The zero-order valence-corrected chi connectivity index (χ0v) is 13.1. The highest BCUT2D eigenvalue weighted by Crippen LogP contribution is 2.28. The normalized spacial score (nSPS) is 14.4. The van der Waals surface area contributed by atoms with Gasteiger partial charge in [-0.05, 0) is 18.2 Å². The molecule has 0 bridgehead atoms. The third-order valence-electron chi connectivity index (χ3n) is 3.92. The van der Waals surface area contributed by atoms with Crippen LogP contribution in [0.1, 0.15) is 5.69 Å². The van der Waals surface area contributed by atoms with E-state index >= 15 is 0 Å². The summed E-state index contributed by atoms with van der Waals surface area (Å²) in [6.45, 7) is 2.44. The Kier molecular flexibility index (Phi) is 3.13. The van der Waals surface area contributed by atoms with Crippen LogP contribution < -0.4 is 10.6 Å². The molecule has 22 heavy (non-hydrogen) atoms. The van der Waals surface area contributed by atoms with Gasteiger partial charge < -0.3 is 15.2 Å². The van der Waals surface area contributed by atoms with E-state index in [1.54, 1.807) is 6.07 Å². The number of anilines is 2. The van der Waals surface area contributed by atoms with Gasteiger partial charge in [-0.25, -0.2) is 4.98 Å². The number of aromatic nitrogens is 3. The summed E-state index contributed by atoms with van der Waals surface area (Å²) in [6, 6.07) is 9.90. The molecule has 1 aromatic carbocycles. The quantitative estimate of drug-likeness (QED) is 0.694. The van der Waals surface area contributed by atoms with Crippen LogP contribution in [0.2, 0.25) is 10.2 Å². The second-order valence-electron chi connectivity index (χ2n) is 5.32. The molecule has 1 aliphatic rings. The molecule has 1 aliphatic heterocycles. The Morgan fingerprint density at radius 3 is 2.73 bits per heavy atom. The van der Waals surface area contributed by atoms with Gasteiger partial charge in [0.25, 0.3) is 0 Å². The molecule has 112 valence electrons. The van der Waals surface area contributed by atoms with E-state index in [-0.39, 0.29) is 5.95 Å². The summed E-state index contributed by atoms with van der Waals surface area (Å²) in [5, 5.41) is 2.31. The second-order valence-corrected chi connectivity index (χ2v) is 6.14. The lowest BCUT2D eigenvalue weighted by molar-refractivity contribution is 0.581. The highest BCUT2D eigenvalue weighted by molar-refractivity contribution is 6.31. The number of hydrogen-bond acceptors (Lipinski definition) is 4. The van der Waals surface area contributed by atoms with Crippen LogP contribution in [-0.4, -0.2) is 21.1 Å². The largest absolute Gasteiger partial charge is 0.368 e. The van der Waals surface area contributed by atoms with Gasteiger partial charge in [-0.15, -0.1) is 0 Å². The third kappa shape index (κ3) is 2.26. The fourth-order valence-electron chi connectivity index (χ4n) is 2.96. The summed E-state index contributed by atoms with van der Waals surface area (Å²) in [5.74, 6) is 0.951. The van der Waals surface area contributed by atoms with Crippen molar-refractivity contribution in [1.29, 1.82) is 0 Å². The van der Waals surface area contributed by atoms with Crippen LogP contribution >= 0.6 is 23.2 Å². The third-order valence-corrected chi connectivity index (χ3v) is 4.35. The van der Waals surface area contributed by atoms with Crippen LogP contribution in [0.5, 0.6) is 0 Å². The molecule has 0 fully saturated rings. The molecular formula is C15H13Cl2N5. The Balaban J connectivity index is 1.73. The van der Waals surface area contributed by atoms with Crippen LogP contribution in [-0.2, 0) is 13.1 Å². The minimum Gasteiger partial charge on any atom is -0.368 e. The zero-order valence-electron chi connectivity index (χ0n) is 11.6. The maximum Gasteiger partial charge on any atom is 0.223 e. The van der Waals surface area contributed by atoms with Gasteiger partial charge in [-0.3, -0.25) is 0 Å². The molecule has 0 aliphatic carbocycles. The number of fused-ring (bicyclic) bond motifs is 3. The maximum atomic E-state index is 6.11. The standard InChI is InChI=1S/C15H13Cl2N5/c16-10-2-1-9-5-11-8-21(3-4-22(11)12(9)6-10)14-7-13(17)19-15(18)20-14/h1-2,5-7H,3-4,8H2,(H2,18,19,20). The van der Waals surface area contributed by atoms with Crippen molar-refractivity contribution >= 4 is 45.9 Å². The number of hydrogen-bond donors (Lipinski definition) is 1. The smallest absolute Gasteiger partial charge is 0.223 e. The molecule has 0 amide bonds.